The van der Waals surface area contributed by atoms with Gasteiger partial charge in [-0.2, -0.15) is 0 Å². The topological polar surface area (TPSA) is 0 Å². The molecule has 0 saturated carbocycles. The second-order valence-electron chi connectivity index (χ2n) is 14.4. The Morgan fingerprint density at radius 3 is 1.21 bits per heavy atom. The van der Waals surface area contributed by atoms with Gasteiger partial charge in [0, 0.05) is 20.5 Å². The Balaban J connectivity index is 0.963. The zero-order valence-electron chi connectivity index (χ0n) is 28.7. The molecule has 0 amide bonds. The molecule has 1 aromatic heterocycles. The molecule has 0 aliphatic heterocycles. The first-order valence-electron chi connectivity index (χ1n) is 18.3. The highest BCUT2D eigenvalue weighted by Gasteiger charge is 2.18. The third-order valence-corrected chi connectivity index (χ3v) is 12.8. The van der Waals surface area contributed by atoms with Gasteiger partial charge in [0.2, 0.25) is 0 Å². The predicted octanol–water partition coefficient (Wildman–Crippen LogP) is 15.4. The highest BCUT2D eigenvalue weighted by Crippen LogP contribution is 2.47. The molecule has 0 unspecified atom stereocenters. The highest BCUT2D eigenvalue weighted by molar-refractivity contribution is 7.23. The summed E-state index contributed by atoms with van der Waals surface area (Å²) in [6, 6.07) is 68.0. The van der Waals surface area contributed by atoms with Crippen molar-refractivity contribution in [2.24, 2.45) is 0 Å². The van der Waals surface area contributed by atoms with Gasteiger partial charge in [0.15, 0.2) is 0 Å². The van der Waals surface area contributed by atoms with Crippen LogP contribution in [0.5, 0.6) is 0 Å². The largest absolute Gasteiger partial charge is 0.135 e. The second kappa shape index (κ2) is 11.0. The summed E-state index contributed by atoms with van der Waals surface area (Å²) in [7, 11) is 0. The van der Waals surface area contributed by atoms with Crippen LogP contribution >= 0.6 is 11.3 Å². The van der Waals surface area contributed by atoms with Crippen LogP contribution in [-0.2, 0) is 0 Å². The monoisotopic (exact) mass is 686 g/mol. The van der Waals surface area contributed by atoms with Crippen LogP contribution in [0.2, 0.25) is 0 Å². The molecular formula is C52H30S. The van der Waals surface area contributed by atoms with E-state index in [1.54, 1.807) is 0 Å². The Hall–Kier alpha value is -6.54. The molecule has 0 radical (unpaired) electrons. The van der Waals surface area contributed by atoms with Gasteiger partial charge in [-0.25, -0.2) is 0 Å². The molecule has 0 nitrogen and oxygen atoms in total. The molecule has 11 aromatic carbocycles. The fourth-order valence-electron chi connectivity index (χ4n) is 9.13. The second-order valence-corrected chi connectivity index (χ2v) is 15.4. The van der Waals surface area contributed by atoms with Crippen molar-refractivity contribution < 1.29 is 0 Å². The summed E-state index contributed by atoms with van der Waals surface area (Å²) in [5, 5.41) is 17.2. The Morgan fingerprint density at radius 1 is 0.264 bits per heavy atom. The fourth-order valence-corrected chi connectivity index (χ4v) is 10.4. The molecule has 0 fully saturated rings. The maximum atomic E-state index is 2.32. The first-order valence-corrected chi connectivity index (χ1v) is 19.1. The molecule has 1 heterocycles. The number of fused-ring (bicyclic) bond motifs is 1. The van der Waals surface area contributed by atoms with Crippen LogP contribution in [0.3, 0.4) is 0 Å². The van der Waals surface area contributed by atoms with Crippen molar-refractivity contribution in [2.75, 3.05) is 0 Å². The molecule has 0 spiro atoms. The standard InChI is InChI=1S/C52H30S/c1-2-10-46-45(9-1)51(39-15-11-31(12-16-39)41-27-23-37-19-17-33-5-3-7-35-25-29-43(41)49(37)47(33)35)52(53-46)40-21-13-32(14-22-40)42-28-24-38-20-18-34-6-4-8-36-26-30-44(42)50(38)48(34)36/h1-30H. The van der Waals surface area contributed by atoms with E-state index in [0.717, 1.165) is 0 Å². The van der Waals surface area contributed by atoms with Gasteiger partial charge in [0.05, 0.1) is 0 Å². The molecule has 0 atom stereocenters. The average Bonchev–Trinajstić information content (AvgIpc) is 3.62. The van der Waals surface area contributed by atoms with E-state index in [9.17, 15) is 0 Å². The van der Waals surface area contributed by atoms with Crippen LogP contribution < -0.4 is 0 Å². The van der Waals surface area contributed by atoms with Crippen molar-refractivity contribution in [3.05, 3.63) is 182 Å². The van der Waals surface area contributed by atoms with Gasteiger partial charge in [0.25, 0.3) is 0 Å². The molecule has 0 aliphatic rings. The SMILES string of the molecule is c1cc2ccc3ccc(-c4ccc(-c5sc6ccccc6c5-c5ccc(-c6ccc7ccc8cccc9ccc6c7c89)cc5)cc4)c4ccc(c1)c2c34. The van der Waals surface area contributed by atoms with Gasteiger partial charge in [-0.15, -0.1) is 11.3 Å². The van der Waals surface area contributed by atoms with E-state index in [-0.39, 0.29) is 0 Å². The summed E-state index contributed by atoms with van der Waals surface area (Å²) < 4.78 is 1.31. The smallest absolute Gasteiger partial charge is 0.0433 e. The molecule has 1 heteroatoms. The van der Waals surface area contributed by atoms with E-state index < -0.39 is 0 Å². The maximum absolute atomic E-state index is 2.32. The molecule has 12 rings (SSSR count). The van der Waals surface area contributed by atoms with Crippen molar-refractivity contribution in [3.63, 3.8) is 0 Å². The lowest BCUT2D eigenvalue weighted by Gasteiger charge is -2.15. The van der Waals surface area contributed by atoms with E-state index in [0.29, 0.717) is 0 Å². The zero-order chi connectivity index (χ0) is 34.6. The molecule has 0 N–H and O–H groups in total. The average molecular weight is 687 g/mol. The summed E-state index contributed by atoms with van der Waals surface area (Å²) >= 11 is 1.89. The number of benzene rings is 11. The van der Waals surface area contributed by atoms with Gasteiger partial charge < -0.3 is 0 Å². The minimum Gasteiger partial charge on any atom is -0.135 e. The lowest BCUT2D eigenvalue weighted by molar-refractivity contribution is 1.63. The van der Waals surface area contributed by atoms with Crippen molar-refractivity contribution >= 4 is 86.1 Å². The number of hydrogen-bond acceptors (Lipinski definition) is 1. The number of hydrogen-bond donors (Lipinski definition) is 0. The summed E-state index contributed by atoms with van der Waals surface area (Å²) in [6.45, 7) is 0. The lowest BCUT2D eigenvalue weighted by Crippen LogP contribution is -1.88. The van der Waals surface area contributed by atoms with Crippen LogP contribution in [-0.4, -0.2) is 0 Å². The Morgan fingerprint density at radius 2 is 0.679 bits per heavy atom. The van der Waals surface area contributed by atoms with E-state index >= 15 is 0 Å². The summed E-state index contributed by atoms with van der Waals surface area (Å²) in [4.78, 5) is 1.31. The number of thiophene rings is 1. The summed E-state index contributed by atoms with van der Waals surface area (Å²) in [5.74, 6) is 0. The maximum Gasteiger partial charge on any atom is 0.0433 e. The first-order chi connectivity index (χ1) is 26.3. The molecule has 53 heavy (non-hydrogen) atoms. The van der Waals surface area contributed by atoms with Crippen LogP contribution in [0.15, 0.2) is 182 Å². The first kappa shape index (κ1) is 29.1. The van der Waals surface area contributed by atoms with Crippen LogP contribution in [0.4, 0.5) is 0 Å². The van der Waals surface area contributed by atoms with Crippen LogP contribution in [0.1, 0.15) is 0 Å². The lowest BCUT2D eigenvalue weighted by atomic mass is 9.89. The van der Waals surface area contributed by atoms with Gasteiger partial charge >= 0.3 is 0 Å². The van der Waals surface area contributed by atoms with Crippen molar-refractivity contribution in [1.82, 2.24) is 0 Å². The van der Waals surface area contributed by atoms with Gasteiger partial charge in [-0.1, -0.05) is 176 Å². The van der Waals surface area contributed by atoms with Crippen LogP contribution in [0, 0.1) is 0 Å². The fraction of sp³-hybridized carbons (Fsp3) is 0. The Labute approximate surface area is 310 Å². The quantitative estimate of drug-likeness (QED) is 0.162. The zero-order valence-corrected chi connectivity index (χ0v) is 29.5. The molecule has 0 saturated heterocycles. The van der Waals surface area contributed by atoms with Crippen molar-refractivity contribution in [1.29, 1.82) is 0 Å². The van der Waals surface area contributed by atoms with Crippen molar-refractivity contribution in [3.8, 4) is 43.8 Å². The van der Waals surface area contributed by atoms with Gasteiger partial charge in [-0.3, -0.25) is 0 Å². The Bertz CT molecular complexity index is 3330. The van der Waals surface area contributed by atoms with Crippen LogP contribution in [0.25, 0.3) is 119 Å². The molecule has 244 valence electrons. The summed E-state index contributed by atoms with van der Waals surface area (Å²) in [5.41, 5.74) is 8.84. The molecule has 0 aliphatic carbocycles. The third-order valence-electron chi connectivity index (χ3n) is 11.6. The van der Waals surface area contributed by atoms with Crippen molar-refractivity contribution in [2.45, 2.75) is 0 Å². The summed E-state index contributed by atoms with van der Waals surface area (Å²) in [6.07, 6.45) is 0. The minimum absolute atomic E-state index is 1.24. The predicted molar refractivity (Wildman–Crippen MR) is 231 cm³/mol. The van der Waals surface area contributed by atoms with Gasteiger partial charge in [0.1, 0.15) is 0 Å². The Kier molecular flexibility index (Phi) is 6.03. The van der Waals surface area contributed by atoms with Gasteiger partial charge in [-0.05, 0) is 104 Å². The molecule has 12 aromatic rings. The van der Waals surface area contributed by atoms with E-state index in [2.05, 4.69) is 182 Å². The molecular weight excluding hydrogens is 657 g/mol. The van der Waals surface area contributed by atoms with E-state index in [1.807, 2.05) is 11.3 Å². The molecule has 0 bridgehead atoms. The number of rotatable bonds is 4. The van der Waals surface area contributed by atoms with E-state index in [1.165, 1.54) is 119 Å². The highest BCUT2D eigenvalue weighted by atomic mass is 32.1. The normalized spacial score (nSPS) is 12.2. The third kappa shape index (κ3) is 4.23. The van der Waals surface area contributed by atoms with E-state index in [4.69, 9.17) is 0 Å². The minimum atomic E-state index is 1.24.